The predicted octanol–water partition coefficient (Wildman–Crippen LogP) is 3.16. The van der Waals surface area contributed by atoms with E-state index < -0.39 is 0 Å². The average Bonchev–Trinajstić information content (AvgIpc) is 2.59. The maximum atomic E-state index is 13.0. The molecule has 1 N–H and O–H groups in total. The van der Waals surface area contributed by atoms with Gasteiger partial charge >= 0.3 is 0 Å². The summed E-state index contributed by atoms with van der Waals surface area (Å²) in [5.41, 5.74) is 1.25. The van der Waals surface area contributed by atoms with Crippen molar-refractivity contribution in [3.05, 3.63) is 34.6 Å². The smallest absolute Gasteiger partial charge is 0.141 e. The van der Waals surface area contributed by atoms with Crippen molar-refractivity contribution in [2.45, 2.75) is 31.7 Å². The first-order valence-corrected chi connectivity index (χ1v) is 5.66. The Bertz CT molecular complexity index is 359. The van der Waals surface area contributed by atoms with Gasteiger partial charge in [0.1, 0.15) is 5.82 Å². The van der Waals surface area contributed by atoms with Gasteiger partial charge in [-0.25, -0.2) is 4.39 Å². The molecule has 0 aliphatic carbocycles. The lowest BCUT2D eigenvalue weighted by atomic mass is 9.91. The maximum absolute atomic E-state index is 13.0. The fourth-order valence-corrected chi connectivity index (χ4v) is 2.41. The lowest BCUT2D eigenvalue weighted by molar-refractivity contribution is 0.412. The number of hydrogen-bond donors (Lipinski definition) is 1. The Morgan fingerprint density at radius 3 is 2.93 bits per heavy atom. The van der Waals surface area contributed by atoms with Gasteiger partial charge in [0, 0.05) is 5.54 Å². The van der Waals surface area contributed by atoms with Crippen molar-refractivity contribution < 1.29 is 4.39 Å². The third-order valence-corrected chi connectivity index (χ3v) is 3.33. The molecule has 0 aromatic heterocycles. The van der Waals surface area contributed by atoms with E-state index in [1.54, 1.807) is 6.07 Å². The van der Waals surface area contributed by atoms with Crippen molar-refractivity contribution in [3.63, 3.8) is 0 Å². The second-order valence-corrected chi connectivity index (χ2v) is 4.92. The quantitative estimate of drug-likeness (QED) is 0.819. The molecule has 1 aliphatic heterocycles. The van der Waals surface area contributed by atoms with Crippen molar-refractivity contribution in [2.24, 2.45) is 0 Å². The van der Waals surface area contributed by atoms with E-state index in [-0.39, 0.29) is 16.4 Å². The first-order chi connectivity index (χ1) is 7.09. The lowest BCUT2D eigenvalue weighted by Crippen LogP contribution is -2.38. The molecular formula is C12H15ClFN. The zero-order chi connectivity index (χ0) is 10.9. The van der Waals surface area contributed by atoms with E-state index in [9.17, 15) is 4.39 Å². The summed E-state index contributed by atoms with van der Waals surface area (Å²) in [5, 5.41) is 3.70. The molecule has 1 aromatic rings. The van der Waals surface area contributed by atoms with Gasteiger partial charge in [-0.3, -0.25) is 0 Å². The van der Waals surface area contributed by atoms with Crippen LogP contribution in [0.4, 0.5) is 4.39 Å². The molecule has 0 saturated carbocycles. The molecule has 1 saturated heterocycles. The van der Waals surface area contributed by atoms with Crippen LogP contribution in [0.2, 0.25) is 5.02 Å². The molecule has 0 amide bonds. The standard InChI is InChI=1S/C12H15ClFN/c1-12(5-2-6-15-12)8-9-3-4-11(14)10(13)7-9/h3-4,7,15H,2,5-6,8H2,1H3/t12-/m0/s1. The molecule has 2 rings (SSSR count). The summed E-state index contributed by atoms with van der Waals surface area (Å²) in [5.74, 6) is -0.343. The first-order valence-electron chi connectivity index (χ1n) is 5.28. The Kier molecular flexibility index (Phi) is 2.98. The second kappa shape index (κ2) is 4.11. The second-order valence-electron chi connectivity index (χ2n) is 4.52. The molecule has 3 heteroatoms. The van der Waals surface area contributed by atoms with Crippen LogP contribution in [0.15, 0.2) is 18.2 Å². The van der Waals surface area contributed by atoms with Gasteiger partial charge in [-0.1, -0.05) is 17.7 Å². The highest BCUT2D eigenvalue weighted by Crippen LogP contribution is 2.25. The van der Waals surface area contributed by atoms with Crippen LogP contribution in [0.5, 0.6) is 0 Å². The predicted molar refractivity (Wildman–Crippen MR) is 60.8 cm³/mol. The summed E-state index contributed by atoms with van der Waals surface area (Å²) >= 11 is 5.75. The van der Waals surface area contributed by atoms with Crippen molar-refractivity contribution >= 4 is 11.6 Å². The molecule has 0 bridgehead atoms. The number of nitrogens with one attached hydrogen (secondary N) is 1. The minimum Gasteiger partial charge on any atom is -0.311 e. The number of halogens is 2. The van der Waals surface area contributed by atoms with Gasteiger partial charge in [-0.05, 0) is 50.4 Å². The van der Waals surface area contributed by atoms with E-state index in [1.807, 2.05) is 6.07 Å². The molecule has 82 valence electrons. The Hall–Kier alpha value is -0.600. The fraction of sp³-hybridized carbons (Fsp3) is 0.500. The Balaban J connectivity index is 2.13. The largest absolute Gasteiger partial charge is 0.311 e. The molecule has 1 aliphatic rings. The van der Waals surface area contributed by atoms with Crippen molar-refractivity contribution in [2.75, 3.05) is 6.54 Å². The van der Waals surface area contributed by atoms with E-state index in [2.05, 4.69) is 12.2 Å². The van der Waals surface area contributed by atoms with Gasteiger partial charge in [0.2, 0.25) is 0 Å². The SMILES string of the molecule is C[C@@]1(Cc2ccc(F)c(Cl)c2)CCCN1. The van der Waals surface area contributed by atoms with Crippen molar-refractivity contribution in [3.8, 4) is 0 Å². The van der Waals surface area contributed by atoms with Gasteiger partial charge in [0.05, 0.1) is 5.02 Å². The Morgan fingerprint density at radius 2 is 2.33 bits per heavy atom. The molecule has 1 atom stereocenters. The normalized spacial score (nSPS) is 25.8. The van der Waals surface area contributed by atoms with E-state index >= 15 is 0 Å². The Labute approximate surface area is 94.6 Å². The maximum Gasteiger partial charge on any atom is 0.141 e. The average molecular weight is 228 g/mol. The highest BCUT2D eigenvalue weighted by Gasteiger charge is 2.28. The first kappa shape index (κ1) is 10.9. The fourth-order valence-electron chi connectivity index (χ4n) is 2.21. The molecule has 1 heterocycles. The van der Waals surface area contributed by atoms with Crippen molar-refractivity contribution in [1.29, 1.82) is 0 Å². The van der Waals surface area contributed by atoms with Crippen LogP contribution < -0.4 is 5.32 Å². The van der Waals surface area contributed by atoms with E-state index in [0.29, 0.717) is 0 Å². The monoisotopic (exact) mass is 227 g/mol. The minimum absolute atomic E-state index is 0.154. The molecule has 0 spiro atoms. The summed E-state index contributed by atoms with van der Waals surface area (Å²) in [6.45, 7) is 3.28. The van der Waals surface area contributed by atoms with E-state index in [0.717, 1.165) is 18.5 Å². The van der Waals surface area contributed by atoms with Crippen LogP contribution in [0.3, 0.4) is 0 Å². The van der Waals surface area contributed by atoms with Crippen LogP contribution in [-0.4, -0.2) is 12.1 Å². The zero-order valence-electron chi connectivity index (χ0n) is 8.82. The highest BCUT2D eigenvalue weighted by atomic mass is 35.5. The highest BCUT2D eigenvalue weighted by molar-refractivity contribution is 6.30. The molecule has 1 aromatic carbocycles. The molecule has 1 nitrogen and oxygen atoms in total. The Morgan fingerprint density at radius 1 is 1.53 bits per heavy atom. The van der Waals surface area contributed by atoms with Gasteiger partial charge in [-0.15, -0.1) is 0 Å². The van der Waals surface area contributed by atoms with Crippen LogP contribution in [0.1, 0.15) is 25.3 Å². The molecule has 0 radical (unpaired) electrons. The van der Waals surface area contributed by atoms with Crippen LogP contribution in [0.25, 0.3) is 0 Å². The topological polar surface area (TPSA) is 12.0 Å². The van der Waals surface area contributed by atoms with Gasteiger partial charge in [0.15, 0.2) is 0 Å². The molecular weight excluding hydrogens is 213 g/mol. The molecule has 0 unspecified atom stereocenters. The van der Waals surface area contributed by atoms with E-state index in [1.165, 1.54) is 18.9 Å². The molecule has 15 heavy (non-hydrogen) atoms. The summed E-state index contributed by atoms with van der Waals surface area (Å²) in [4.78, 5) is 0. The number of rotatable bonds is 2. The summed E-state index contributed by atoms with van der Waals surface area (Å²) in [6.07, 6.45) is 3.29. The summed E-state index contributed by atoms with van der Waals surface area (Å²) in [6, 6.07) is 4.98. The van der Waals surface area contributed by atoms with Gasteiger partial charge in [0.25, 0.3) is 0 Å². The summed E-state index contributed by atoms with van der Waals surface area (Å²) in [7, 11) is 0. The zero-order valence-corrected chi connectivity index (χ0v) is 9.57. The van der Waals surface area contributed by atoms with Gasteiger partial charge in [-0.2, -0.15) is 0 Å². The number of hydrogen-bond acceptors (Lipinski definition) is 1. The van der Waals surface area contributed by atoms with Crippen LogP contribution in [0, 0.1) is 5.82 Å². The molecule has 1 fully saturated rings. The van der Waals surface area contributed by atoms with Crippen molar-refractivity contribution in [1.82, 2.24) is 5.32 Å². The van der Waals surface area contributed by atoms with Gasteiger partial charge < -0.3 is 5.32 Å². The third kappa shape index (κ3) is 2.50. The van der Waals surface area contributed by atoms with Crippen LogP contribution >= 0.6 is 11.6 Å². The lowest BCUT2D eigenvalue weighted by Gasteiger charge is -2.24. The third-order valence-electron chi connectivity index (χ3n) is 3.04. The number of benzene rings is 1. The summed E-state index contributed by atoms with van der Waals surface area (Å²) < 4.78 is 13.0. The minimum atomic E-state index is -0.343. The van der Waals surface area contributed by atoms with Crippen LogP contribution in [-0.2, 0) is 6.42 Å². The van der Waals surface area contributed by atoms with E-state index in [4.69, 9.17) is 11.6 Å².